The van der Waals surface area contributed by atoms with Crippen LogP contribution in [0.2, 0.25) is 0 Å². The van der Waals surface area contributed by atoms with E-state index < -0.39 is 19.8 Å². The van der Waals surface area contributed by atoms with Gasteiger partial charge in [0.05, 0.1) is 23.7 Å². The van der Waals surface area contributed by atoms with Gasteiger partial charge in [-0.15, -0.1) is 0 Å². The fraction of sp³-hybridized carbons (Fsp3) is 0.323. The zero-order chi connectivity index (χ0) is 30.6. The molecule has 226 valence electrons. The van der Waals surface area contributed by atoms with Crippen molar-refractivity contribution in [2.45, 2.75) is 53.0 Å². The first-order valence-electron chi connectivity index (χ1n) is 14.2. The number of imidazole rings is 1. The second-order valence-electron chi connectivity index (χ2n) is 10.3. The number of hydrogen-bond donors (Lipinski definition) is 2. The van der Waals surface area contributed by atoms with E-state index >= 15 is 0 Å². The first kappa shape index (κ1) is 30.4. The minimum Gasteiger partial charge on any atom is -0.462 e. The van der Waals surface area contributed by atoms with Gasteiger partial charge in [-0.25, -0.2) is 14.5 Å². The van der Waals surface area contributed by atoms with Crippen molar-refractivity contribution in [2.24, 2.45) is 0 Å². The third kappa shape index (κ3) is 6.81. The van der Waals surface area contributed by atoms with E-state index in [4.69, 9.17) is 29.2 Å². The van der Waals surface area contributed by atoms with E-state index in [1.54, 1.807) is 32.9 Å². The standard InChI is InChI=1S/C31H36N5O6P/c1-5-39-19-27-34-28-29(24-14-8-9-15-25(24)33-30(28)32)36(27)17-18-40-43(38,35-21(4)31(37)41-20(2)3)42-26-16-10-12-22-11-6-7-13-23(22)26/h6-16,20-21H,5,17-19H2,1-4H3,(H2,32,33)(H,35,38)/t21-,43?/m0/s1. The summed E-state index contributed by atoms with van der Waals surface area (Å²) in [5.41, 5.74) is 8.35. The van der Waals surface area contributed by atoms with Gasteiger partial charge in [-0.3, -0.25) is 9.32 Å². The number of benzene rings is 3. The molecule has 0 amide bonds. The van der Waals surface area contributed by atoms with Gasteiger partial charge in [0.15, 0.2) is 5.82 Å². The molecule has 0 aliphatic heterocycles. The summed E-state index contributed by atoms with van der Waals surface area (Å²) in [6.07, 6.45) is -0.342. The fourth-order valence-electron chi connectivity index (χ4n) is 4.82. The number of ether oxygens (including phenoxy) is 2. The van der Waals surface area contributed by atoms with Gasteiger partial charge < -0.3 is 24.3 Å². The fourth-order valence-corrected chi connectivity index (χ4v) is 6.32. The molecule has 43 heavy (non-hydrogen) atoms. The van der Waals surface area contributed by atoms with E-state index in [1.807, 2.05) is 66.1 Å². The molecule has 0 aliphatic rings. The molecule has 2 aromatic heterocycles. The van der Waals surface area contributed by atoms with Gasteiger partial charge in [0.2, 0.25) is 0 Å². The van der Waals surface area contributed by atoms with Crippen LogP contribution >= 0.6 is 7.75 Å². The van der Waals surface area contributed by atoms with Crippen LogP contribution in [0.4, 0.5) is 5.82 Å². The van der Waals surface area contributed by atoms with Crippen molar-refractivity contribution < 1.29 is 27.9 Å². The topological polar surface area (TPSA) is 140 Å². The zero-order valence-corrected chi connectivity index (χ0v) is 25.5. The number of carbonyl (C=O) groups is 1. The van der Waals surface area contributed by atoms with E-state index in [9.17, 15) is 9.36 Å². The molecule has 0 bridgehead atoms. The van der Waals surface area contributed by atoms with E-state index in [1.165, 1.54) is 0 Å². The highest BCUT2D eigenvalue weighted by Crippen LogP contribution is 2.47. The Morgan fingerprint density at radius 3 is 2.49 bits per heavy atom. The molecule has 2 atom stereocenters. The molecule has 12 heteroatoms. The predicted octanol–water partition coefficient (Wildman–Crippen LogP) is 5.99. The summed E-state index contributed by atoms with van der Waals surface area (Å²) in [4.78, 5) is 21.9. The number of rotatable bonds is 13. The van der Waals surface area contributed by atoms with Gasteiger partial charge in [0, 0.05) is 23.9 Å². The maximum Gasteiger partial charge on any atom is 0.459 e. The number of para-hydroxylation sites is 1. The van der Waals surface area contributed by atoms with Crippen LogP contribution in [0.25, 0.3) is 32.7 Å². The van der Waals surface area contributed by atoms with E-state index in [0.717, 1.165) is 27.2 Å². The molecule has 0 fully saturated rings. The molecule has 0 saturated heterocycles. The van der Waals surface area contributed by atoms with Crippen molar-refractivity contribution >= 4 is 52.2 Å². The second kappa shape index (κ2) is 13.1. The molecule has 0 radical (unpaired) electrons. The molecule has 11 nitrogen and oxygen atoms in total. The summed E-state index contributed by atoms with van der Waals surface area (Å²) >= 11 is 0. The monoisotopic (exact) mass is 605 g/mol. The number of fused-ring (bicyclic) bond motifs is 4. The molecule has 3 aromatic carbocycles. The Balaban J connectivity index is 1.47. The number of pyridine rings is 1. The number of hydrogen-bond acceptors (Lipinski definition) is 9. The summed E-state index contributed by atoms with van der Waals surface area (Å²) in [5, 5.41) is 5.29. The molecule has 5 aromatic rings. The Hall–Kier alpha value is -4.02. The maximum absolute atomic E-state index is 14.3. The van der Waals surface area contributed by atoms with Crippen molar-refractivity contribution in [3.05, 3.63) is 72.6 Å². The van der Waals surface area contributed by atoms with Crippen LogP contribution in [-0.2, 0) is 36.5 Å². The highest BCUT2D eigenvalue weighted by Gasteiger charge is 2.33. The lowest BCUT2D eigenvalue weighted by Gasteiger charge is -2.24. The van der Waals surface area contributed by atoms with E-state index in [-0.39, 0.29) is 25.9 Å². The Bertz CT molecular complexity index is 1800. The molecule has 0 spiro atoms. The third-order valence-corrected chi connectivity index (χ3v) is 8.39. The van der Waals surface area contributed by atoms with Gasteiger partial charge in [-0.2, -0.15) is 5.09 Å². The average Bonchev–Trinajstić information content (AvgIpc) is 3.35. The second-order valence-corrected chi connectivity index (χ2v) is 12.0. The number of carbonyl (C=O) groups excluding carboxylic acids is 1. The molecule has 5 rings (SSSR count). The molecule has 1 unspecified atom stereocenters. The molecule has 2 heterocycles. The van der Waals surface area contributed by atoms with E-state index in [0.29, 0.717) is 29.5 Å². The van der Waals surface area contributed by atoms with Crippen molar-refractivity contribution in [3.8, 4) is 5.75 Å². The van der Waals surface area contributed by atoms with Gasteiger partial charge >= 0.3 is 13.7 Å². The Morgan fingerprint density at radius 1 is 1.00 bits per heavy atom. The van der Waals surface area contributed by atoms with Gasteiger partial charge in [-0.05, 0) is 45.2 Å². The third-order valence-electron chi connectivity index (χ3n) is 6.73. The van der Waals surface area contributed by atoms with Crippen LogP contribution < -0.4 is 15.3 Å². The molecule has 0 aliphatic carbocycles. The molecular weight excluding hydrogens is 569 g/mol. The van der Waals surface area contributed by atoms with Crippen LogP contribution in [-0.4, -0.2) is 45.9 Å². The normalized spacial score (nSPS) is 13.9. The first-order chi connectivity index (χ1) is 20.7. The number of esters is 1. The van der Waals surface area contributed by atoms with Gasteiger partial charge in [-0.1, -0.05) is 54.6 Å². The Kier molecular flexibility index (Phi) is 9.27. The first-order valence-corrected chi connectivity index (χ1v) is 15.7. The smallest absolute Gasteiger partial charge is 0.459 e. The quantitative estimate of drug-likeness (QED) is 0.121. The van der Waals surface area contributed by atoms with Crippen LogP contribution in [0, 0.1) is 0 Å². The van der Waals surface area contributed by atoms with Crippen molar-refractivity contribution in [1.82, 2.24) is 19.6 Å². The Morgan fingerprint density at radius 2 is 1.72 bits per heavy atom. The molecule has 0 saturated carbocycles. The lowest BCUT2D eigenvalue weighted by molar-refractivity contribution is -0.149. The Labute approximate surface area is 249 Å². The number of nitrogens with one attached hydrogen (secondary N) is 1. The zero-order valence-electron chi connectivity index (χ0n) is 24.6. The number of nitrogens with two attached hydrogens (primary N) is 1. The minimum atomic E-state index is -4.12. The summed E-state index contributed by atoms with van der Waals surface area (Å²) in [7, 11) is -4.12. The number of nitrogen functional groups attached to an aromatic ring is 1. The van der Waals surface area contributed by atoms with Crippen molar-refractivity contribution in [1.29, 1.82) is 0 Å². The largest absolute Gasteiger partial charge is 0.462 e. The van der Waals surface area contributed by atoms with Crippen LogP contribution in [0.15, 0.2) is 66.7 Å². The maximum atomic E-state index is 14.3. The van der Waals surface area contributed by atoms with Crippen LogP contribution in [0.3, 0.4) is 0 Å². The summed E-state index contributed by atoms with van der Waals surface area (Å²) < 4.78 is 39.3. The van der Waals surface area contributed by atoms with Crippen molar-refractivity contribution in [2.75, 3.05) is 18.9 Å². The van der Waals surface area contributed by atoms with Gasteiger partial charge in [0.25, 0.3) is 0 Å². The van der Waals surface area contributed by atoms with Crippen LogP contribution in [0.1, 0.15) is 33.5 Å². The number of anilines is 1. The average molecular weight is 606 g/mol. The lowest BCUT2D eigenvalue weighted by atomic mass is 10.1. The summed E-state index contributed by atoms with van der Waals surface area (Å²) in [6, 6.07) is 19.7. The van der Waals surface area contributed by atoms with Crippen molar-refractivity contribution in [3.63, 3.8) is 0 Å². The predicted molar refractivity (Wildman–Crippen MR) is 167 cm³/mol. The summed E-state index contributed by atoms with van der Waals surface area (Å²) in [5.74, 6) is 0.704. The summed E-state index contributed by atoms with van der Waals surface area (Å²) in [6.45, 7) is 7.86. The number of aromatic nitrogens is 3. The van der Waals surface area contributed by atoms with E-state index in [2.05, 4.69) is 10.1 Å². The lowest BCUT2D eigenvalue weighted by Crippen LogP contribution is -2.36. The van der Waals surface area contributed by atoms with Gasteiger partial charge in [0.1, 0.15) is 29.7 Å². The highest BCUT2D eigenvalue weighted by atomic mass is 31.2. The highest BCUT2D eigenvalue weighted by molar-refractivity contribution is 7.52. The minimum absolute atomic E-state index is 0.0534. The van der Waals surface area contributed by atoms with Crippen LogP contribution in [0.5, 0.6) is 5.75 Å². The number of nitrogens with zero attached hydrogens (tertiary/aromatic N) is 3. The molecule has 3 N–H and O–H groups in total. The molecular formula is C31H36N5O6P. The SMILES string of the molecule is CCOCc1nc2c(N)nc3ccccc3c2n1CCOP(=O)(N[C@@H](C)C(=O)OC(C)C)Oc1cccc2ccccc12.